The van der Waals surface area contributed by atoms with Gasteiger partial charge in [-0.3, -0.25) is 14.6 Å². The number of aromatic amines is 1. The number of carbonyl (C=O) groups excluding carboxylic acids is 1. The Balaban J connectivity index is 1.77. The molecule has 1 saturated carbocycles. The fourth-order valence-electron chi connectivity index (χ4n) is 2.44. The molecule has 0 aromatic carbocycles. The molecule has 2 heterocycles. The van der Waals surface area contributed by atoms with E-state index in [1.807, 2.05) is 26.0 Å². The maximum absolute atomic E-state index is 12.4. The number of carbonyl (C=O) groups is 1. The van der Waals surface area contributed by atoms with Gasteiger partial charge in [-0.15, -0.1) is 0 Å². The molecule has 1 aliphatic carbocycles. The van der Waals surface area contributed by atoms with Crippen LogP contribution in [0.15, 0.2) is 29.3 Å². The normalized spacial score (nSPS) is 15.2. The number of aryl methyl sites for hydroxylation is 1. The number of amides is 1. The van der Waals surface area contributed by atoms with E-state index >= 15 is 0 Å². The highest BCUT2D eigenvalue weighted by Gasteiger charge is 2.27. The van der Waals surface area contributed by atoms with Gasteiger partial charge in [0.15, 0.2) is 0 Å². The summed E-state index contributed by atoms with van der Waals surface area (Å²) >= 11 is 0. The molecule has 0 aliphatic heterocycles. The fraction of sp³-hybridized carbons (Fsp3) is 0.412. The molecule has 1 atom stereocenters. The average molecular weight is 312 g/mol. The van der Waals surface area contributed by atoms with Gasteiger partial charge in [-0.1, -0.05) is 13.0 Å². The Morgan fingerprint density at radius 2 is 2.13 bits per heavy atom. The van der Waals surface area contributed by atoms with Crippen LogP contribution in [0.1, 0.15) is 65.6 Å². The van der Waals surface area contributed by atoms with E-state index in [-0.39, 0.29) is 17.2 Å². The molecular weight excluding hydrogens is 292 g/mol. The van der Waals surface area contributed by atoms with Gasteiger partial charge < -0.3 is 10.3 Å². The Morgan fingerprint density at radius 3 is 2.70 bits per heavy atom. The van der Waals surface area contributed by atoms with Crippen molar-refractivity contribution in [3.8, 4) is 0 Å². The molecule has 23 heavy (non-hydrogen) atoms. The largest absolute Gasteiger partial charge is 0.343 e. The van der Waals surface area contributed by atoms with Crippen LogP contribution in [0.4, 0.5) is 0 Å². The van der Waals surface area contributed by atoms with Gasteiger partial charge in [0.1, 0.15) is 11.4 Å². The maximum Gasteiger partial charge on any atom is 0.263 e. The van der Waals surface area contributed by atoms with E-state index in [4.69, 9.17) is 0 Å². The molecule has 6 nitrogen and oxygen atoms in total. The Labute approximate surface area is 134 Å². The Morgan fingerprint density at radius 1 is 1.35 bits per heavy atom. The van der Waals surface area contributed by atoms with E-state index in [1.54, 1.807) is 6.20 Å². The van der Waals surface area contributed by atoms with Crippen LogP contribution >= 0.6 is 0 Å². The van der Waals surface area contributed by atoms with E-state index in [1.165, 1.54) is 6.20 Å². The van der Waals surface area contributed by atoms with Crippen LogP contribution in [-0.4, -0.2) is 20.9 Å². The van der Waals surface area contributed by atoms with E-state index in [0.29, 0.717) is 18.2 Å². The number of nitrogens with zero attached hydrogens (tertiary/aromatic N) is 2. The van der Waals surface area contributed by atoms with Crippen molar-refractivity contribution in [3.63, 3.8) is 0 Å². The van der Waals surface area contributed by atoms with Crippen molar-refractivity contribution in [1.82, 2.24) is 20.3 Å². The molecule has 0 spiro atoms. The molecule has 2 N–H and O–H groups in total. The van der Waals surface area contributed by atoms with Crippen LogP contribution in [0.5, 0.6) is 0 Å². The summed E-state index contributed by atoms with van der Waals surface area (Å²) < 4.78 is 0. The highest BCUT2D eigenvalue weighted by Crippen LogP contribution is 2.37. The average Bonchev–Trinajstić information content (AvgIpc) is 3.38. The predicted octanol–water partition coefficient (Wildman–Crippen LogP) is 2.23. The molecule has 0 radical (unpaired) electrons. The molecule has 6 heteroatoms. The van der Waals surface area contributed by atoms with Crippen LogP contribution in [0, 0.1) is 6.92 Å². The van der Waals surface area contributed by atoms with Gasteiger partial charge in [-0.2, -0.15) is 0 Å². The van der Waals surface area contributed by atoms with E-state index < -0.39 is 5.91 Å². The third kappa shape index (κ3) is 3.47. The number of H-pyrrole nitrogens is 1. The Kier molecular flexibility index (Phi) is 4.23. The first-order valence-electron chi connectivity index (χ1n) is 7.91. The number of aromatic nitrogens is 3. The molecule has 0 unspecified atom stereocenters. The van der Waals surface area contributed by atoms with Crippen molar-refractivity contribution < 1.29 is 4.79 Å². The van der Waals surface area contributed by atoms with Gasteiger partial charge >= 0.3 is 0 Å². The van der Waals surface area contributed by atoms with Crippen molar-refractivity contribution in [1.29, 1.82) is 0 Å². The van der Waals surface area contributed by atoms with Crippen molar-refractivity contribution >= 4 is 5.91 Å². The number of nitrogens with one attached hydrogen (secondary N) is 2. The second-order valence-electron chi connectivity index (χ2n) is 5.98. The highest BCUT2D eigenvalue weighted by molar-refractivity contribution is 5.93. The highest BCUT2D eigenvalue weighted by atomic mass is 16.2. The molecule has 2 aromatic rings. The van der Waals surface area contributed by atoms with Crippen molar-refractivity contribution in [2.45, 2.75) is 45.1 Å². The molecule has 1 aliphatic rings. The lowest BCUT2D eigenvalue weighted by Crippen LogP contribution is -2.33. The van der Waals surface area contributed by atoms with Crippen LogP contribution in [0.2, 0.25) is 0 Å². The van der Waals surface area contributed by atoms with Crippen molar-refractivity contribution in [2.75, 3.05) is 0 Å². The SMILES string of the molecule is CC[C@@H](NC(=O)c1cnc(C2CC2)[nH]c1=O)c1ccc(C)cn1. The lowest BCUT2D eigenvalue weighted by Gasteiger charge is -2.16. The van der Waals surface area contributed by atoms with Gasteiger partial charge in [0.2, 0.25) is 0 Å². The molecule has 0 bridgehead atoms. The quantitative estimate of drug-likeness (QED) is 0.886. The predicted molar refractivity (Wildman–Crippen MR) is 86.3 cm³/mol. The van der Waals surface area contributed by atoms with Gasteiger partial charge in [0.05, 0.1) is 11.7 Å². The second-order valence-corrected chi connectivity index (χ2v) is 5.98. The number of rotatable bonds is 5. The molecule has 1 amide bonds. The van der Waals surface area contributed by atoms with Crippen LogP contribution in [0.3, 0.4) is 0 Å². The molecule has 3 rings (SSSR count). The first-order chi connectivity index (χ1) is 11.1. The Hall–Kier alpha value is -2.50. The molecule has 1 fully saturated rings. The standard InChI is InChI=1S/C17H20N4O2/c1-3-13(14-7-4-10(2)8-18-14)20-16(22)12-9-19-15(11-5-6-11)21-17(12)23/h4,7-9,11,13H,3,5-6H2,1-2H3,(H,20,22)(H,19,21,23)/t13-/m1/s1. The summed E-state index contributed by atoms with van der Waals surface area (Å²) in [5.41, 5.74) is 1.50. The van der Waals surface area contributed by atoms with Crippen molar-refractivity contribution in [3.05, 3.63) is 57.5 Å². The minimum absolute atomic E-state index is 0.0416. The monoisotopic (exact) mass is 312 g/mol. The lowest BCUT2D eigenvalue weighted by molar-refractivity contribution is 0.0932. The summed E-state index contributed by atoms with van der Waals surface area (Å²) in [7, 11) is 0. The van der Waals surface area contributed by atoms with E-state index in [9.17, 15) is 9.59 Å². The van der Waals surface area contributed by atoms with E-state index in [2.05, 4.69) is 20.3 Å². The minimum atomic E-state index is -0.421. The zero-order chi connectivity index (χ0) is 16.4. The minimum Gasteiger partial charge on any atom is -0.343 e. The van der Waals surface area contributed by atoms with Crippen LogP contribution in [0.25, 0.3) is 0 Å². The Bertz CT molecular complexity index is 763. The molecular formula is C17H20N4O2. The third-order valence-electron chi connectivity index (χ3n) is 4.03. The zero-order valence-corrected chi connectivity index (χ0v) is 13.3. The summed E-state index contributed by atoms with van der Waals surface area (Å²) in [6, 6.07) is 3.61. The smallest absolute Gasteiger partial charge is 0.263 e. The van der Waals surface area contributed by atoms with Gasteiger partial charge in [-0.25, -0.2) is 4.98 Å². The summed E-state index contributed by atoms with van der Waals surface area (Å²) in [5.74, 6) is 0.606. The number of pyridine rings is 1. The fourth-order valence-corrected chi connectivity index (χ4v) is 2.44. The lowest BCUT2D eigenvalue weighted by atomic mass is 10.1. The van der Waals surface area contributed by atoms with Gasteiger partial charge in [0, 0.05) is 18.3 Å². The van der Waals surface area contributed by atoms with E-state index in [0.717, 1.165) is 24.1 Å². The summed E-state index contributed by atoms with van der Waals surface area (Å²) in [5, 5.41) is 2.86. The summed E-state index contributed by atoms with van der Waals surface area (Å²) in [6.07, 6.45) is 5.92. The first kappa shape index (κ1) is 15.4. The van der Waals surface area contributed by atoms with Crippen LogP contribution < -0.4 is 10.9 Å². The second kappa shape index (κ2) is 6.32. The van der Waals surface area contributed by atoms with Gasteiger partial charge in [0.25, 0.3) is 11.5 Å². The van der Waals surface area contributed by atoms with Crippen molar-refractivity contribution in [2.24, 2.45) is 0 Å². The molecule has 120 valence electrons. The van der Waals surface area contributed by atoms with Crippen LogP contribution in [-0.2, 0) is 0 Å². The summed E-state index contributed by atoms with van der Waals surface area (Å²) in [4.78, 5) is 35.7. The zero-order valence-electron chi connectivity index (χ0n) is 13.3. The maximum atomic E-state index is 12.4. The molecule has 0 saturated heterocycles. The first-order valence-corrected chi connectivity index (χ1v) is 7.91. The topological polar surface area (TPSA) is 87.7 Å². The molecule has 2 aromatic heterocycles. The summed E-state index contributed by atoms with van der Waals surface area (Å²) in [6.45, 7) is 3.92. The number of hydrogen-bond acceptors (Lipinski definition) is 4. The third-order valence-corrected chi connectivity index (χ3v) is 4.03. The number of hydrogen-bond donors (Lipinski definition) is 2. The van der Waals surface area contributed by atoms with Gasteiger partial charge in [-0.05, 0) is 37.8 Å².